The molecule has 2 aliphatic carbocycles. The van der Waals surface area contributed by atoms with Gasteiger partial charge >= 0.3 is 0 Å². The van der Waals surface area contributed by atoms with E-state index in [1.807, 2.05) is 0 Å². The van der Waals surface area contributed by atoms with Crippen LogP contribution in [0.5, 0.6) is 0 Å². The Bertz CT molecular complexity index is 248. The van der Waals surface area contributed by atoms with E-state index in [1.165, 1.54) is 89.9 Å². The maximum absolute atomic E-state index is 6.37. The SMILES string of the molecule is CCCC(COCC(CCC)C1CCCCC1)C1CCCCC1. The Labute approximate surface area is 146 Å². The molecule has 2 fully saturated rings. The van der Waals surface area contributed by atoms with Crippen molar-refractivity contribution in [1.29, 1.82) is 0 Å². The summed E-state index contributed by atoms with van der Waals surface area (Å²) in [5.41, 5.74) is 0. The number of rotatable bonds is 10. The zero-order chi connectivity index (χ0) is 16.3. The minimum Gasteiger partial charge on any atom is -0.381 e. The van der Waals surface area contributed by atoms with Gasteiger partial charge in [-0.2, -0.15) is 0 Å². The van der Waals surface area contributed by atoms with Crippen LogP contribution in [0.25, 0.3) is 0 Å². The van der Waals surface area contributed by atoms with Crippen molar-refractivity contribution >= 4 is 0 Å². The number of ether oxygens (including phenoxy) is 1. The second-order valence-electron chi connectivity index (χ2n) is 8.43. The second-order valence-corrected chi connectivity index (χ2v) is 8.43. The molecule has 0 heterocycles. The Morgan fingerprint density at radius 2 is 1.04 bits per heavy atom. The first-order valence-electron chi connectivity index (χ1n) is 10.9. The molecule has 2 atom stereocenters. The highest BCUT2D eigenvalue weighted by atomic mass is 16.5. The summed E-state index contributed by atoms with van der Waals surface area (Å²) < 4.78 is 6.37. The average Bonchev–Trinajstić information content (AvgIpc) is 2.61. The Morgan fingerprint density at radius 1 is 0.652 bits per heavy atom. The molecule has 0 spiro atoms. The van der Waals surface area contributed by atoms with Crippen molar-refractivity contribution in [3.63, 3.8) is 0 Å². The van der Waals surface area contributed by atoms with Crippen LogP contribution in [0.1, 0.15) is 104 Å². The van der Waals surface area contributed by atoms with E-state index in [0.29, 0.717) is 0 Å². The average molecular weight is 323 g/mol. The molecule has 23 heavy (non-hydrogen) atoms. The molecule has 2 saturated carbocycles. The summed E-state index contributed by atoms with van der Waals surface area (Å²) in [6.45, 7) is 6.78. The van der Waals surface area contributed by atoms with Crippen molar-refractivity contribution in [2.24, 2.45) is 23.7 Å². The molecular formula is C22H42O. The van der Waals surface area contributed by atoms with Crippen LogP contribution in [-0.4, -0.2) is 13.2 Å². The molecule has 0 N–H and O–H groups in total. The maximum atomic E-state index is 6.37. The first-order chi connectivity index (χ1) is 11.3. The molecule has 1 heteroatoms. The third kappa shape index (κ3) is 6.77. The zero-order valence-corrected chi connectivity index (χ0v) is 16.0. The molecule has 0 bridgehead atoms. The monoisotopic (exact) mass is 322 g/mol. The smallest absolute Gasteiger partial charge is 0.0497 e. The number of hydrogen-bond acceptors (Lipinski definition) is 1. The fourth-order valence-electron chi connectivity index (χ4n) is 5.23. The Kier molecular flexibility index (Phi) is 9.65. The van der Waals surface area contributed by atoms with Crippen molar-refractivity contribution in [2.75, 3.05) is 13.2 Å². The van der Waals surface area contributed by atoms with Crippen LogP contribution in [0.3, 0.4) is 0 Å². The Balaban J connectivity index is 1.75. The van der Waals surface area contributed by atoms with Gasteiger partial charge in [0.1, 0.15) is 0 Å². The van der Waals surface area contributed by atoms with Crippen molar-refractivity contribution < 1.29 is 4.74 Å². The third-order valence-corrected chi connectivity index (χ3v) is 6.62. The molecule has 1 nitrogen and oxygen atoms in total. The van der Waals surface area contributed by atoms with E-state index in [0.717, 1.165) is 36.9 Å². The van der Waals surface area contributed by atoms with E-state index < -0.39 is 0 Å². The van der Waals surface area contributed by atoms with Crippen LogP contribution >= 0.6 is 0 Å². The van der Waals surface area contributed by atoms with E-state index in [2.05, 4.69) is 13.8 Å². The van der Waals surface area contributed by atoms with Crippen LogP contribution in [0.2, 0.25) is 0 Å². The van der Waals surface area contributed by atoms with E-state index in [-0.39, 0.29) is 0 Å². The normalized spacial score (nSPS) is 23.7. The van der Waals surface area contributed by atoms with Crippen molar-refractivity contribution in [2.45, 2.75) is 104 Å². The van der Waals surface area contributed by atoms with Gasteiger partial charge in [0, 0.05) is 13.2 Å². The maximum Gasteiger partial charge on any atom is 0.0497 e. The first-order valence-corrected chi connectivity index (χ1v) is 10.9. The highest BCUT2D eigenvalue weighted by Crippen LogP contribution is 2.35. The highest BCUT2D eigenvalue weighted by molar-refractivity contribution is 4.76. The number of hydrogen-bond donors (Lipinski definition) is 0. The molecule has 2 unspecified atom stereocenters. The molecule has 136 valence electrons. The summed E-state index contributed by atoms with van der Waals surface area (Å²) in [5, 5.41) is 0. The molecule has 0 amide bonds. The summed E-state index contributed by atoms with van der Waals surface area (Å²) in [7, 11) is 0. The van der Waals surface area contributed by atoms with Gasteiger partial charge in [0.15, 0.2) is 0 Å². The molecule has 2 aliphatic rings. The minimum atomic E-state index is 0.842. The second kappa shape index (κ2) is 11.5. The predicted molar refractivity (Wildman–Crippen MR) is 101 cm³/mol. The molecule has 0 aliphatic heterocycles. The predicted octanol–water partition coefficient (Wildman–Crippen LogP) is 7.00. The van der Waals surface area contributed by atoms with Gasteiger partial charge in [-0.3, -0.25) is 0 Å². The molecule has 2 rings (SSSR count). The van der Waals surface area contributed by atoms with E-state index in [9.17, 15) is 0 Å². The third-order valence-electron chi connectivity index (χ3n) is 6.62. The summed E-state index contributed by atoms with van der Waals surface area (Å²) in [4.78, 5) is 0. The molecular weight excluding hydrogens is 280 g/mol. The lowest BCUT2D eigenvalue weighted by Gasteiger charge is -2.33. The molecule has 0 aromatic heterocycles. The van der Waals surface area contributed by atoms with E-state index in [4.69, 9.17) is 4.74 Å². The van der Waals surface area contributed by atoms with Gasteiger partial charge in [0.2, 0.25) is 0 Å². The first kappa shape index (κ1) is 19.3. The molecule has 0 aromatic rings. The molecule has 0 saturated heterocycles. The lowest BCUT2D eigenvalue weighted by molar-refractivity contribution is 0.0218. The summed E-state index contributed by atoms with van der Waals surface area (Å²) in [6.07, 6.45) is 20.1. The van der Waals surface area contributed by atoms with Gasteiger partial charge in [-0.15, -0.1) is 0 Å². The van der Waals surface area contributed by atoms with E-state index >= 15 is 0 Å². The quantitative estimate of drug-likeness (QED) is 0.421. The minimum absolute atomic E-state index is 0.842. The molecule has 0 aromatic carbocycles. The highest BCUT2D eigenvalue weighted by Gasteiger charge is 2.26. The molecule has 0 radical (unpaired) electrons. The van der Waals surface area contributed by atoms with Gasteiger partial charge in [0.05, 0.1) is 0 Å². The summed E-state index contributed by atoms with van der Waals surface area (Å²) >= 11 is 0. The van der Waals surface area contributed by atoms with Gasteiger partial charge in [0.25, 0.3) is 0 Å². The van der Waals surface area contributed by atoms with Crippen LogP contribution < -0.4 is 0 Å². The summed E-state index contributed by atoms with van der Waals surface area (Å²) in [6, 6.07) is 0. The zero-order valence-electron chi connectivity index (χ0n) is 16.0. The lowest BCUT2D eigenvalue weighted by Crippen LogP contribution is -2.27. The largest absolute Gasteiger partial charge is 0.381 e. The van der Waals surface area contributed by atoms with Crippen molar-refractivity contribution in [3.8, 4) is 0 Å². The van der Waals surface area contributed by atoms with Gasteiger partial charge in [-0.1, -0.05) is 90.9 Å². The fourth-order valence-corrected chi connectivity index (χ4v) is 5.23. The Morgan fingerprint density at radius 3 is 1.39 bits per heavy atom. The van der Waals surface area contributed by atoms with Crippen LogP contribution in [0.15, 0.2) is 0 Å². The standard InChI is InChI=1S/C22H42O/c1-3-11-21(19-13-7-5-8-14-19)17-23-18-22(12-4-2)20-15-9-6-10-16-20/h19-22H,3-18H2,1-2H3. The van der Waals surface area contributed by atoms with Crippen molar-refractivity contribution in [1.82, 2.24) is 0 Å². The van der Waals surface area contributed by atoms with Crippen LogP contribution in [0, 0.1) is 23.7 Å². The fraction of sp³-hybridized carbons (Fsp3) is 1.00. The van der Waals surface area contributed by atoms with E-state index in [1.54, 1.807) is 0 Å². The Hall–Kier alpha value is -0.0400. The van der Waals surface area contributed by atoms with Gasteiger partial charge < -0.3 is 4.74 Å². The lowest BCUT2D eigenvalue weighted by atomic mass is 9.78. The van der Waals surface area contributed by atoms with Gasteiger partial charge in [-0.05, 0) is 36.5 Å². The van der Waals surface area contributed by atoms with Crippen LogP contribution in [-0.2, 0) is 4.74 Å². The topological polar surface area (TPSA) is 9.23 Å². The van der Waals surface area contributed by atoms with Crippen molar-refractivity contribution in [3.05, 3.63) is 0 Å². The van der Waals surface area contributed by atoms with Gasteiger partial charge in [-0.25, -0.2) is 0 Å². The summed E-state index contributed by atoms with van der Waals surface area (Å²) in [5.74, 6) is 3.61. The van der Waals surface area contributed by atoms with Crippen LogP contribution in [0.4, 0.5) is 0 Å².